The lowest BCUT2D eigenvalue weighted by Crippen LogP contribution is -2.18. The maximum Gasteiger partial charge on any atom is 0.161 e. The molecule has 0 aliphatic rings. The van der Waals surface area contributed by atoms with Gasteiger partial charge in [0.2, 0.25) is 0 Å². The van der Waals surface area contributed by atoms with E-state index in [2.05, 4.69) is 47.8 Å². The molecule has 33 heavy (non-hydrogen) atoms. The largest absolute Gasteiger partial charge is 0.496 e. The van der Waals surface area contributed by atoms with E-state index in [0.717, 1.165) is 48.1 Å². The lowest BCUT2D eigenvalue weighted by atomic mass is 9.88. The molecule has 1 atom stereocenters. The van der Waals surface area contributed by atoms with E-state index < -0.39 is 0 Å². The first kappa shape index (κ1) is 24.5. The van der Waals surface area contributed by atoms with Crippen molar-refractivity contribution in [2.45, 2.75) is 38.8 Å². The Balaban J connectivity index is 1.72. The fourth-order valence-corrected chi connectivity index (χ4v) is 3.98. The molecule has 0 bridgehead atoms. The maximum absolute atomic E-state index is 5.83. The van der Waals surface area contributed by atoms with E-state index in [0.29, 0.717) is 0 Å². The molecular formula is C28H35NO4. The summed E-state index contributed by atoms with van der Waals surface area (Å²) < 4.78 is 22.3. The van der Waals surface area contributed by atoms with Gasteiger partial charge in [0.05, 0.1) is 27.4 Å². The summed E-state index contributed by atoms with van der Waals surface area (Å²) in [6.45, 7) is 5.67. The highest BCUT2D eigenvalue weighted by molar-refractivity contribution is 5.44. The van der Waals surface area contributed by atoms with Crippen LogP contribution in [-0.4, -0.2) is 34.0 Å². The maximum atomic E-state index is 5.83. The number of para-hydroxylation sites is 1. The molecule has 0 heterocycles. The van der Waals surface area contributed by atoms with Gasteiger partial charge in [-0.15, -0.1) is 0 Å². The molecule has 0 aliphatic heterocycles. The summed E-state index contributed by atoms with van der Waals surface area (Å²) in [6, 6.07) is 22.7. The van der Waals surface area contributed by atoms with Gasteiger partial charge in [-0.2, -0.15) is 0 Å². The number of rotatable bonds is 12. The topological polar surface area (TPSA) is 49.0 Å². The predicted octanol–water partition coefficient (Wildman–Crippen LogP) is 5.81. The Labute approximate surface area is 197 Å². The molecule has 0 saturated carbocycles. The molecule has 3 aromatic rings. The minimum Gasteiger partial charge on any atom is -0.496 e. The van der Waals surface area contributed by atoms with Gasteiger partial charge >= 0.3 is 0 Å². The van der Waals surface area contributed by atoms with Crippen LogP contribution in [0.4, 0.5) is 0 Å². The van der Waals surface area contributed by atoms with Gasteiger partial charge in [-0.05, 0) is 68.3 Å². The third-order valence-electron chi connectivity index (χ3n) is 5.56. The van der Waals surface area contributed by atoms with Crippen molar-refractivity contribution in [1.29, 1.82) is 0 Å². The second kappa shape index (κ2) is 12.2. The molecule has 0 saturated heterocycles. The molecule has 0 spiro atoms. The van der Waals surface area contributed by atoms with Gasteiger partial charge < -0.3 is 24.3 Å². The highest BCUT2D eigenvalue weighted by Gasteiger charge is 2.18. The quantitative estimate of drug-likeness (QED) is 0.354. The van der Waals surface area contributed by atoms with Crippen LogP contribution in [-0.2, 0) is 6.54 Å². The molecule has 0 aromatic heterocycles. The van der Waals surface area contributed by atoms with Gasteiger partial charge in [-0.1, -0.05) is 36.4 Å². The molecule has 3 rings (SSSR count). The summed E-state index contributed by atoms with van der Waals surface area (Å²) in [6.07, 6.45) is 1.08. The minimum atomic E-state index is 0.154. The first-order chi connectivity index (χ1) is 16.0. The third kappa shape index (κ3) is 6.65. The Bertz CT molecular complexity index is 1000. The SMILES string of the molecule is COc1ccc(CNCC[C@@H](c2ccc(OC(C)C)cc2)c2ccccc2OC)cc1OC. The molecule has 176 valence electrons. The van der Waals surface area contributed by atoms with E-state index in [1.165, 1.54) is 11.1 Å². The van der Waals surface area contributed by atoms with Crippen molar-refractivity contribution in [2.75, 3.05) is 27.9 Å². The van der Waals surface area contributed by atoms with E-state index in [1.807, 2.05) is 38.1 Å². The van der Waals surface area contributed by atoms with Crippen LogP contribution in [0.15, 0.2) is 66.7 Å². The van der Waals surface area contributed by atoms with Gasteiger partial charge in [0.25, 0.3) is 0 Å². The molecular weight excluding hydrogens is 414 g/mol. The van der Waals surface area contributed by atoms with Crippen molar-refractivity contribution < 1.29 is 18.9 Å². The smallest absolute Gasteiger partial charge is 0.161 e. The van der Waals surface area contributed by atoms with E-state index in [4.69, 9.17) is 18.9 Å². The standard InChI is InChI=1S/C28H35NO4/c1-20(2)33-23-13-11-22(12-14-23)24(25-8-6-7-9-26(25)30-3)16-17-29-19-21-10-15-27(31-4)28(18-21)32-5/h6-15,18,20,24,29H,16-17,19H2,1-5H3/t24-/m0/s1. The summed E-state index contributed by atoms with van der Waals surface area (Å²) in [4.78, 5) is 0. The zero-order valence-electron chi connectivity index (χ0n) is 20.3. The summed E-state index contributed by atoms with van der Waals surface area (Å²) in [7, 11) is 5.03. The van der Waals surface area contributed by atoms with E-state index in [-0.39, 0.29) is 12.0 Å². The van der Waals surface area contributed by atoms with Crippen molar-refractivity contribution in [3.05, 3.63) is 83.4 Å². The Hall–Kier alpha value is -3.18. The van der Waals surface area contributed by atoms with Crippen LogP contribution < -0.4 is 24.3 Å². The van der Waals surface area contributed by atoms with Gasteiger partial charge in [0, 0.05) is 18.0 Å². The molecule has 0 unspecified atom stereocenters. The average molecular weight is 450 g/mol. The summed E-state index contributed by atoms with van der Waals surface area (Å²) in [5, 5.41) is 3.57. The van der Waals surface area contributed by atoms with Crippen molar-refractivity contribution in [3.63, 3.8) is 0 Å². The van der Waals surface area contributed by atoms with E-state index >= 15 is 0 Å². The second-order valence-electron chi connectivity index (χ2n) is 8.18. The van der Waals surface area contributed by atoms with E-state index in [1.54, 1.807) is 21.3 Å². The normalized spacial score (nSPS) is 11.8. The number of nitrogens with one attached hydrogen (secondary N) is 1. The zero-order valence-corrected chi connectivity index (χ0v) is 20.3. The van der Waals surface area contributed by atoms with Crippen molar-refractivity contribution >= 4 is 0 Å². The summed E-state index contributed by atoms with van der Waals surface area (Å²) in [5.41, 5.74) is 3.57. The Morgan fingerprint density at radius 2 is 1.45 bits per heavy atom. The second-order valence-corrected chi connectivity index (χ2v) is 8.18. The van der Waals surface area contributed by atoms with Crippen molar-refractivity contribution in [2.24, 2.45) is 0 Å². The molecule has 0 fully saturated rings. The molecule has 0 amide bonds. The zero-order chi connectivity index (χ0) is 23.6. The number of hydrogen-bond donors (Lipinski definition) is 1. The minimum absolute atomic E-state index is 0.154. The number of hydrogen-bond acceptors (Lipinski definition) is 5. The molecule has 0 aliphatic carbocycles. The lowest BCUT2D eigenvalue weighted by Gasteiger charge is -2.21. The number of benzene rings is 3. The third-order valence-corrected chi connectivity index (χ3v) is 5.56. The Kier molecular flexibility index (Phi) is 9.02. The van der Waals surface area contributed by atoms with Gasteiger partial charge in [0.1, 0.15) is 11.5 Å². The molecule has 3 aromatic carbocycles. The van der Waals surface area contributed by atoms with Crippen LogP contribution in [0.3, 0.4) is 0 Å². The van der Waals surface area contributed by atoms with Crippen LogP contribution in [0, 0.1) is 0 Å². The van der Waals surface area contributed by atoms with Gasteiger partial charge in [-0.3, -0.25) is 0 Å². The number of methoxy groups -OCH3 is 3. The molecule has 5 nitrogen and oxygen atoms in total. The van der Waals surface area contributed by atoms with Crippen molar-refractivity contribution in [1.82, 2.24) is 5.32 Å². The fourth-order valence-electron chi connectivity index (χ4n) is 3.98. The van der Waals surface area contributed by atoms with Crippen LogP contribution in [0.25, 0.3) is 0 Å². The van der Waals surface area contributed by atoms with Crippen LogP contribution in [0.2, 0.25) is 0 Å². The average Bonchev–Trinajstić information content (AvgIpc) is 2.84. The number of ether oxygens (including phenoxy) is 4. The van der Waals surface area contributed by atoms with Crippen molar-refractivity contribution in [3.8, 4) is 23.0 Å². The first-order valence-electron chi connectivity index (χ1n) is 11.4. The highest BCUT2D eigenvalue weighted by Crippen LogP contribution is 2.35. The summed E-state index contributed by atoms with van der Waals surface area (Å²) in [5.74, 6) is 3.48. The van der Waals surface area contributed by atoms with Gasteiger partial charge in [-0.25, -0.2) is 0 Å². The van der Waals surface area contributed by atoms with Crippen LogP contribution in [0.1, 0.15) is 42.9 Å². The fraction of sp³-hybridized carbons (Fsp3) is 0.357. The molecule has 5 heteroatoms. The predicted molar refractivity (Wildman–Crippen MR) is 133 cm³/mol. The first-order valence-corrected chi connectivity index (χ1v) is 11.4. The monoisotopic (exact) mass is 449 g/mol. The highest BCUT2D eigenvalue weighted by atomic mass is 16.5. The van der Waals surface area contributed by atoms with Gasteiger partial charge in [0.15, 0.2) is 11.5 Å². The van der Waals surface area contributed by atoms with E-state index in [9.17, 15) is 0 Å². The van der Waals surface area contributed by atoms with Crippen LogP contribution >= 0.6 is 0 Å². The van der Waals surface area contributed by atoms with Crippen LogP contribution in [0.5, 0.6) is 23.0 Å². The lowest BCUT2D eigenvalue weighted by molar-refractivity contribution is 0.242. The summed E-state index contributed by atoms with van der Waals surface area (Å²) >= 11 is 0. The molecule has 1 N–H and O–H groups in total. The Morgan fingerprint density at radius 1 is 0.758 bits per heavy atom. The Morgan fingerprint density at radius 3 is 2.12 bits per heavy atom. The molecule has 0 radical (unpaired) electrons.